The number of nitriles is 1. The maximum absolute atomic E-state index is 11.9. The lowest BCUT2D eigenvalue weighted by molar-refractivity contribution is -0.117. The molecule has 1 amide bonds. The first-order valence-electron chi connectivity index (χ1n) is 6.36. The van der Waals surface area contributed by atoms with Crippen molar-refractivity contribution in [2.75, 3.05) is 25.0 Å². The van der Waals surface area contributed by atoms with E-state index in [-0.39, 0.29) is 11.9 Å². The minimum absolute atomic E-state index is 0.0728. The minimum Gasteiger partial charge on any atom is -0.326 e. The molecule has 5 nitrogen and oxygen atoms in total. The van der Waals surface area contributed by atoms with E-state index in [1.165, 1.54) is 0 Å². The molecule has 100 valence electrons. The third-order valence-corrected chi connectivity index (χ3v) is 3.39. The molecule has 0 spiro atoms. The van der Waals surface area contributed by atoms with E-state index in [1.54, 1.807) is 24.3 Å². The molecule has 0 radical (unpaired) electrons. The Balaban J connectivity index is 1.89. The van der Waals surface area contributed by atoms with Gasteiger partial charge in [-0.05, 0) is 24.1 Å². The summed E-state index contributed by atoms with van der Waals surface area (Å²) in [5.74, 6) is 0.353. The summed E-state index contributed by atoms with van der Waals surface area (Å²) in [6.07, 6.45) is 0. The molecule has 1 aliphatic rings. The van der Waals surface area contributed by atoms with Gasteiger partial charge >= 0.3 is 0 Å². The van der Waals surface area contributed by atoms with Crippen LogP contribution >= 0.6 is 0 Å². The Bertz CT molecular complexity index is 498. The van der Waals surface area contributed by atoms with Gasteiger partial charge in [0.2, 0.25) is 5.91 Å². The van der Waals surface area contributed by atoms with Crippen molar-refractivity contribution in [3.63, 3.8) is 0 Å². The highest BCUT2D eigenvalue weighted by molar-refractivity contribution is 5.92. The summed E-state index contributed by atoms with van der Waals surface area (Å²) in [6.45, 7) is 4.05. The van der Waals surface area contributed by atoms with Crippen molar-refractivity contribution in [1.29, 1.82) is 5.26 Å². The Labute approximate surface area is 113 Å². The van der Waals surface area contributed by atoms with Crippen molar-refractivity contribution in [3.8, 4) is 6.07 Å². The normalized spacial score (nSPS) is 23.0. The van der Waals surface area contributed by atoms with Gasteiger partial charge in [0.25, 0.3) is 0 Å². The van der Waals surface area contributed by atoms with Crippen LogP contribution in [0.2, 0.25) is 0 Å². The van der Waals surface area contributed by atoms with E-state index in [0.717, 1.165) is 13.1 Å². The molecule has 3 N–H and O–H groups in total. The average Bonchev–Trinajstić information content (AvgIpc) is 2.68. The van der Waals surface area contributed by atoms with E-state index >= 15 is 0 Å². The summed E-state index contributed by atoms with van der Waals surface area (Å²) in [5, 5.41) is 11.6. The number of nitrogens with one attached hydrogen (secondary N) is 1. The van der Waals surface area contributed by atoms with Crippen LogP contribution in [0, 0.1) is 17.2 Å². The van der Waals surface area contributed by atoms with Crippen LogP contribution in [-0.4, -0.2) is 36.5 Å². The van der Waals surface area contributed by atoms with E-state index in [0.29, 0.717) is 23.7 Å². The van der Waals surface area contributed by atoms with Gasteiger partial charge in [0.15, 0.2) is 0 Å². The number of benzene rings is 1. The van der Waals surface area contributed by atoms with E-state index in [2.05, 4.69) is 17.1 Å². The maximum atomic E-state index is 11.9. The van der Waals surface area contributed by atoms with Crippen LogP contribution in [0.4, 0.5) is 5.69 Å². The molecule has 0 saturated carbocycles. The van der Waals surface area contributed by atoms with Crippen LogP contribution in [0.5, 0.6) is 0 Å². The Hall–Kier alpha value is -1.90. The van der Waals surface area contributed by atoms with Crippen LogP contribution in [0.1, 0.15) is 12.5 Å². The van der Waals surface area contributed by atoms with E-state index in [1.807, 2.05) is 6.07 Å². The molecule has 0 bridgehead atoms. The second-order valence-corrected chi connectivity index (χ2v) is 5.08. The number of rotatable bonds is 3. The lowest BCUT2D eigenvalue weighted by Gasteiger charge is -2.14. The van der Waals surface area contributed by atoms with Crippen molar-refractivity contribution in [3.05, 3.63) is 29.8 Å². The first-order valence-corrected chi connectivity index (χ1v) is 6.36. The third-order valence-electron chi connectivity index (χ3n) is 3.39. The number of anilines is 1. The SMILES string of the molecule is CC1CN(CC(=O)Nc2cccc(C#N)c2)CC1N. The second kappa shape index (κ2) is 5.83. The van der Waals surface area contributed by atoms with Gasteiger partial charge in [0, 0.05) is 24.8 Å². The number of hydrogen-bond acceptors (Lipinski definition) is 4. The van der Waals surface area contributed by atoms with Gasteiger partial charge in [-0.2, -0.15) is 5.26 Å². The van der Waals surface area contributed by atoms with Crippen molar-refractivity contribution >= 4 is 11.6 Å². The van der Waals surface area contributed by atoms with Crippen LogP contribution in [0.15, 0.2) is 24.3 Å². The number of carbonyl (C=O) groups is 1. The maximum Gasteiger partial charge on any atom is 0.238 e. The molecule has 1 aromatic carbocycles. The summed E-state index contributed by atoms with van der Waals surface area (Å²) in [7, 11) is 0. The lowest BCUT2D eigenvalue weighted by Crippen LogP contribution is -2.33. The summed E-state index contributed by atoms with van der Waals surface area (Å²) in [6, 6.07) is 9.09. The molecular formula is C14H18N4O. The zero-order chi connectivity index (χ0) is 13.8. The Morgan fingerprint density at radius 2 is 2.37 bits per heavy atom. The summed E-state index contributed by atoms with van der Waals surface area (Å²) in [5.41, 5.74) is 7.12. The Morgan fingerprint density at radius 3 is 3.00 bits per heavy atom. The molecule has 2 unspecified atom stereocenters. The molecule has 19 heavy (non-hydrogen) atoms. The molecule has 0 aromatic heterocycles. The topological polar surface area (TPSA) is 82.2 Å². The largest absolute Gasteiger partial charge is 0.326 e. The number of likely N-dealkylation sites (tertiary alicyclic amines) is 1. The van der Waals surface area contributed by atoms with Crippen molar-refractivity contribution < 1.29 is 4.79 Å². The minimum atomic E-state index is -0.0728. The fourth-order valence-corrected chi connectivity index (χ4v) is 2.29. The number of nitrogens with zero attached hydrogens (tertiary/aromatic N) is 2. The van der Waals surface area contributed by atoms with Gasteiger partial charge in [0.1, 0.15) is 0 Å². The van der Waals surface area contributed by atoms with E-state index < -0.39 is 0 Å². The lowest BCUT2D eigenvalue weighted by atomic mass is 10.1. The highest BCUT2D eigenvalue weighted by atomic mass is 16.2. The van der Waals surface area contributed by atoms with Gasteiger partial charge in [-0.1, -0.05) is 13.0 Å². The molecule has 2 atom stereocenters. The second-order valence-electron chi connectivity index (χ2n) is 5.08. The summed E-state index contributed by atoms with van der Waals surface area (Å²) >= 11 is 0. The van der Waals surface area contributed by atoms with Crippen LogP contribution in [0.3, 0.4) is 0 Å². The molecule has 1 aromatic rings. The molecule has 5 heteroatoms. The van der Waals surface area contributed by atoms with Crippen molar-refractivity contribution in [2.45, 2.75) is 13.0 Å². The van der Waals surface area contributed by atoms with Crippen LogP contribution < -0.4 is 11.1 Å². The monoisotopic (exact) mass is 258 g/mol. The fraction of sp³-hybridized carbons (Fsp3) is 0.429. The molecule has 1 saturated heterocycles. The number of amides is 1. The zero-order valence-electron chi connectivity index (χ0n) is 11.0. The summed E-state index contributed by atoms with van der Waals surface area (Å²) < 4.78 is 0. The Kier molecular flexibility index (Phi) is 4.15. The quantitative estimate of drug-likeness (QED) is 0.839. The molecule has 1 aliphatic heterocycles. The van der Waals surface area contributed by atoms with Crippen LogP contribution in [0.25, 0.3) is 0 Å². The van der Waals surface area contributed by atoms with Crippen LogP contribution in [-0.2, 0) is 4.79 Å². The highest BCUT2D eigenvalue weighted by Crippen LogP contribution is 2.14. The molecule has 1 heterocycles. The summed E-state index contributed by atoms with van der Waals surface area (Å²) in [4.78, 5) is 14.0. The molecule has 0 aliphatic carbocycles. The number of hydrogen-bond donors (Lipinski definition) is 2. The molecular weight excluding hydrogens is 240 g/mol. The van der Waals surface area contributed by atoms with Gasteiger partial charge in [-0.15, -0.1) is 0 Å². The van der Waals surface area contributed by atoms with Crippen molar-refractivity contribution in [2.24, 2.45) is 11.7 Å². The molecule has 2 rings (SSSR count). The third kappa shape index (κ3) is 3.53. The van der Waals surface area contributed by atoms with Crippen molar-refractivity contribution in [1.82, 2.24) is 4.90 Å². The standard InChI is InChI=1S/C14H18N4O/c1-10-7-18(8-13(10)16)9-14(19)17-12-4-2-3-11(5-12)6-15/h2-5,10,13H,7-9,16H2,1H3,(H,17,19). The smallest absolute Gasteiger partial charge is 0.238 e. The van der Waals surface area contributed by atoms with E-state index in [9.17, 15) is 4.79 Å². The van der Waals surface area contributed by atoms with Gasteiger partial charge in [-0.3, -0.25) is 9.69 Å². The number of nitrogens with two attached hydrogens (primary N) is 1. The van der Waals surface area contributed by atoms with Gasteiger partial charge < -0.3 is 11.1 Å². The Morgan fingerprint density at radius 1 is 1.58 bits per heavy atom. The zero-order valence-corrected chi connectivity index (χ0v) is 11.0. The average molecular weight is 258 g/mol. The predicted molar refractivity (Wildman–Crippen MR) is 73.4 cm³/mol. The molecule has 1 fully saturated rings. The fourth-order valence-electron chi connectivity index (χ4n) is 2.29. The number of carbonyl (C=O) groups excluding carboxylic acids is 1. The first kappa shape index (κ1) is 13.5. The van der Waals surface area contributed by atoms with Gasteiger partial charge in [-0.25, -0.2) is 0 Å². The van der Waals surface area contributed by atoms with Gasteiger partial charge in [0.05, 0.1) is 18.2 Å². The highest BCUT2D eigenvalue weighted by Gasteiger charge is 2.27. The first-order chi connectivity index (χ1) is 9.08. The van der Waals surface area contributed by atoms with E-state index in [4.69, 9.17) is 11.0 Å². The predicted octanol–water partition coefficient (Wildman–Crippen LogP) is 0.776.